The zero-order chi connectivity index (χ0) is 18.0. The van der Waals surface area contributed by atoms with Crippen molar-refractivity contribution >= 4 is 17.7 Å². The van der Waals surface area contributed by atoms with Crippen LogP contribution in [0.4, 0.5) is 17.7 Å². The molecule has 0 aliphatic carbocycles. The SMILES string of the molecule is Cc1cc(C)nc(N2CCCC(N(C)c3ccnc(N(C)C)n3)C2)n1. The molecule has 0 saturated carbocycles. The largest absolute Gasteiger partial charge is 0.355 e. The van der Waals surface area contributed by atoms with E-state index in [1.807, 2.05) is 51.2 Å². The van der Waals surface area contributed by atoms with E-state index in [4.69, 9.17) is 0 Å². The Morgan fingerprint density at radius 3 is 2.48 bits per heavy atom. The Balaban J connectivity index is 1.77. The summed E-state index contributed by atoms with van der Waals surface area (Å²) in [6.45, 7) is 5.95. The van der Waals surface area contributed by atoms with Crippen molar-refractivity contribution in [2.75, 3.05) is 48.9 Å². The highest BCUT2D eigenvalue weighted by atomic mass is 15.3. The Kier molecular flexibility index (Phi) is 5.01. The second-order valence-corrected chi connectivity index (χ2v) is 6.91. The van der Waals surface area contributed by atoms with E-state index in [0.29, 0.717) is 6.04 Å². The Morgan fingerprint density at radius 1 is 1.08 bits per heavy atom. The van der Waals surface area contributed by atoms with Crippen LogP contribution >= 0.6 is 0 Å². The zero-order valence-electron chi connectivity index (χ0n) is 15.8. The lowest BCUT2D eigenvalue weighted by Crippen LogP contribution is -2.47. The minimum Gasteiger partial charge on any atom is -0.355 e. The van der Waals surface area contributed by atoms with Gasteiger partial charge in [0.25, 0.3) is 0 Å². The first-order chi connectivity index (χ1) is 11.9. The van der Waals surface area contributed by atoms with Crippen molar-refractivity contribution < 1.29 is 0 Å². The minimum atomic E-state index is 0.378. The van der Waals surface area contributed by atoms with Gasteiger partial charge in [-0.15, -0.1) is 0 Å². The molecule has 2 aromatic rings. The van der Waals surface area contributed by atoms with E-state index in [1.165, 1.54) is 0 Å². The summed E-state index contributed by atoms with van der Waals surface area (Å²) in [6.07, 6.45) is 4.08. The van der Waals surface area contributed by atoms with Gasteiger partial charge in [-0.05, 0) is 38.8 Å². The first-order valence-electron chi connectivity index (χ1n) is 8.74. The molecule has 134 valence electrons. The number of rotatable bonds is 4. The van der Waals surface area contributed by atoms with Crippen molar-refractivity contribution in [3.63, 3.8) is 0 Å². The van der Waals surface area contributed by atoms with Crippen LogP contribution in [0.15, 0.2) is 18.3 Å². The predicted octanol–water partition coefficient (Wildman–Crippen LogP) is 2.05. The van der Waals surface area contributed by atoms with Crippen LogP contribution in [-0.4, -0.2) is 60.2 Å². The molecule has 25 heavy (non-hydrogen) atoms. The zero-order valence-corrected chi connectivity index (χ0v) is 15.8. The van der Waals surface area contributed by atoms with Gasteiger partial charge >= 0.3 is 0 Å². The fraction of sp³-hybridized carbons (Fsp3) is 0.556. The average molecular weight is 341 g/mol. The molecule has 1 atom stereocenters. The monoisotopic (exact) mass is 341 g/mol. The van der Waals surface area contributed by atoms with Crippen molar-refractivity contribution in [2.24, 2.45) is 0 Å². The van der Waals surface area contributed by atoms with E-state index < -0.39 is 0 Å². The first kappa shape index (κ1) is 17.4. The van der Waals surface area contributed by atoms with Crippen LogP contribution in [0.5, 0.6) is 0 Å². The van der Waals surface area contributed by atoms with Crippen LogP contribution in [0.2, 0.25) is 0 Å². The number of likely N-dealkylation sites (N-methyl/N-ethyl adjacent to an activating group) is 1. The predicted molar refractivity (Wildman–Crippen MR) is 102 cm³/mol. The maximum absolute atomic E-state index is 4.66. The molecule has 1 unspecified atom stereocenters. The Morgan fingerprint density at radius 2 is 1.80 bits per heavy atom. The van der Waals surface area contributed by atoms with Gasteiger partial charge < -0.3 is 14.7 Å². The number of piperidine rings is 1. The van der Waals surface area contributed by atoms with Crippen LogP contribution in [0.1, 0.15) is 24.2 Å². The molecule has 0 spiro atoms. The van der Waals surface area contributed by atoms with E-state index in [9.17, 15) is 0 Å². The Bertz CT molecular complexity index is 711. The van der Waals surface area contributed by atoms with Crippen molar-refractivity contribution in [1.29, 1.82) is 0 Å². The van der Waals surface area contributed by atoms with E-state index in [1.54, 1.807) is 0 Å². The number of aromatic nitrogens is 4. The van der Waals surface area contributed by atoms with Gasteiger partial charge in [-0.3, -0.25) is 0 Å². The molecule has 7 heteroatoms. The fourth-order valence-electron chi connectivity index (χ4n) is 3.24. The van der Waals surface area contributed by atoms with Gasteiger partial charge in [-0.1, -0.05) is 0 Å². The van der Waals surface area contributed by atoms with E-state index in [-0.39, 0.29) is 0 Å². The van der Waals surface area contributed by atoms with Crippen LogP contribution in [-0.2, 0) is 0 Å². The first-order valence-corrected chi connectivity index (χ1v) is 8.74. The second kappa shape index (κ2) is 7.21. The minimum absolute atomic E-state index is 0.378. The lowest BCUT2D eigenvalue weighted by Gasteiger charge is -2.38. The highest BCUT2D eigenvalue weighted by Gasteiger charge is 2.26. The molecule has 0 amide bonds. The van der Waals surface area contributed by atoms with Crippen LogP contribution < -0.4 is 14.7 Å². The van der Waals surface area contributed by atoms with Gasteiger partial charge in [-0.2, -0.15) is 4.98 Å². The third-order valence-corrected chi connectivity index (χ3v) is 4.59. The van der Waals surface area contributed by atoms with Crippen LogP contribution in [0.25, 0.3) is 0 Å². The molecular weight excluding hydrogens is 314 g/mol. The summed E-state index contributed by atoms with van der Waals surface area (Å²) in [5.41, 5.74) is 2.04. The summed E-state index contributed by atoms with van der Waals surface area (Å²) in [7, 11) is 6.02. The van der Waals surface area contributed by atoms with Gasteiger partial charge in [0.1, 0.15) is 5.82 Å². The smallest absolute Gasteiger partial charge is 0.226 e. The number of nitrogens with zero attached hydrogens (tertiary/aromatic N) is 7. The van der Waals surface area contributed by atoms with Gasteiger partial charge in [0.2, 0.25) is 11.9 Å². The molecule has 2 aromatic heterocycles. The molecule has 0 radical (unpaired) electrons. The highest BCUT2D eigenvalue weighted by molar-refractivity contribution is 5.44. The maximum Gasteiger partial charge on any atom is 0.226 e. The molecule has 3 rings (SSSR count). The van der Waals surface area contributed by atoms with Crippen molar-refractivity contribution in [3.05, 3.63) is 29.7 Å². The molecule has 0 bridgehead atoms. The van der Waals surface area contributed by atoms with Gasteiger partial charge in [0.15, 0.2) is 0 Å². The van der Waals surface area contributed by atoms with Crippen molar-refractivity contribution in [2.45, 2.75) is 32.7 Å². The normalized spacial score (nSPS) is 17.5. The van der Waals surface area contributed by atoms with E-state index in [0.717, 1.165) is 55.0 Å². The third kappa shape index (κ3) is 3.97. The number of hydrogen-bond donors (Lipinski definition) is 0. The molecule has 1 saturated heterocycles. The molecule has 1 aliphatic heterocycles. The second-order valence-electron chi connectivity index (χ2n) is 6.91. The molecule has 0 aromatic carbocycles. The number of hydrogen-bond acceptors (Lipinski definition) is 7. The van der Waals surface area contributed by atoms with Crippen molar-refractivity contribution in [1.82, 2.24) is 19.9 Å². The maximum atomic E-state index is 4.66. The average Bonchev–Trinajstić information content (AvgIpc) is 2.60. The quantitative estimate of drug-likeness (QED) is 0.843. The highest BCUT2D eigenvalue weighted by Crippen LogP contribution is 2.23. The topological polar surface area (TPSA) is 61.3 Å². The lowest BCUT2D eigenvalue weighted by molar-refractivity contribution is 0.480. The van der Waals surface area contributed by atoms with Gasteiger partial charge in [0, 0.05) is 57.9 Å². The summed E-state index contributed by atoms with van der Waals surface area (Å²) in [6, 6.07) is 4.36. The molecular formula is C18H27N7. The molecule has 7 nitrogen and oxygen atoms in total. The number of anilines is 3. The van der Waals surface area contributed by atoms with Crippen LogP contribution in [0, 0.1) is 13.8 Å². The van der Waals surface area contributed by atoms with E-state index >= 15 is 0 Å². The summed E-state index contributed by atoms with van der Waals surface area (Å²) >= 11 is 0. The third-order valence-electron chi connectivity index (χ3n) is 4.59. The Hall–Kier alpha value is -2.44. The summed E-state index contributed by atoms with van der Waals surface area (Å²) in [5, 5.41) is 0. The standard InChI is InChI=1S/C18H27N7/c1-13-11-14(2)21-18(20-13)25-10-6-7-15(12-25)24(5)16-8-9-19-17(22-16)23(3)4/h8-9,11,15H,6-7,10,12H2,1-5H3. The summed E-state index contributed by atoms with van der Waals surface area (Å²) < 4.78 is 0. The number of aryl methyl sites for hydroxylation is 2. The Labute approximate surface area is 149 Å². The van der Waals surface area contributed by atoms with Gasteiger partial charge in [0.05, 0.1) is 0 Å². The molecule has 1 aliphatic rings. The molecule has 3 heterocycles. The molecule has 1 fully saturated rings. The van der Waals surface area contributed by atoms with E-state index in [2.05, 4.69) is 36.8 Å². The fourth-order valence-corrected chi connectivity index (χ4v) is 3.24. The van der Waals surface area contributed by atoms with Crippen molar-refractivity contribution in [3.8, 4) is 0 Å². The van der Waals surface area contributed by atoms with Crippen LogP contribution in [0.3, 0.4) is 0 Å². The van der Waals surface area contributed by atoms with Gasteiger partial charge in [-0.25, -0.2) is 15.0 Å². The molecule has 0 N–H and O–H groups in total. The lowest BCUT2D eigenvalue weighted by atomic mass is 10.0. The summed E-state index contributed by atoms with van der Waals surface area (Å²) in [4.78, 5) is 24.7. The summed E-state index contributed by atoms with van der Waals surface area (Å²) in [5.74, 6) is 2.52.